The van der Waals surface area contributed by atoms with E-state index in [4.69, 9.17) is 0 Å². The molecule has 0 aliphatic carbocycles. The van der Waals surface area contributed by atoms with E-state index in [0.29, 0.717) is 5.56 Å². The van der Waals surface area contributed by atoms with Crippen molar-refractivity contribution in [2.45, 2.75) is 32.5 Å². The Labute approximate surface area is 115 Å². The Morgan fingerprint density at radius 2 is 1.70 bits per heavy atom. The number of amides is 1. The van der Waals surface area contributed by atoms with Gasteiger partial charge >= 0.3 is 12.1 Å². The fourth-order valence-corrected chi connectivity index (χ4v) is 1.71. The lowest BCUT2D eigenvalue weighted by Gasteiger charge is -2.20. The number of carbonyl (C=O) groups is 2. The van der Waals surface area contributed by atoms with Crippen LogP contribution in [0.25, 0.3) is 0 Å². The van der Waals surface area contributed by atoms with Crippen LogP contribution in [0.15, 0.2) is 30.3 Å². The normalized spacial score (nSPS) is 13.1. The van der Waals surface area contributed by atoms with E-state index in [2.05, 4.69) is 0 Å². The predicted molar refractivity (Wildman–Crippen MR) is 68.0 cm³/mol. The number of hydrogen-bond donors (Lipinski definition) is 1. The summed E-state index contributed by atoms with van der Waals surface area (Å²) in [6.07, 6.45) is -4.95. The quantitative estimate of drug-likeness (QED) is 0.904. The average Bonchev–Trinajstić information content (AvgIpc) is 2.37. The fraction of sp³-hybridized carbons (Fsp3) is 0.429. The molecule has 20 heavy (non-hydrogen) atoms. The number of nitrogens with one attached hydrogen (secondary N) is 1. The van der Waals surface area contributed by atoms with E-state index in [0.717, 1.165) is 0 Å². The van der Waals surface area contributed by atoms with Gasteiger partial charge in [-0.15, -0.1) is 0 Å². The van der Waals surface area contributed by atoms with Crippen LogP contribution in [0.5, 0.6) is 0 Å². The van der Waals surface area contributed by atoms with E-state index in [-0.39, 0.29) is 6.42 Å². The van der Waals surface area contributed by atoms with Gasteiger partial charge in [-0.2, -0.15) is 13.2 Å². The molecule has 0 radical (unpaired) electrons. The number of rotatable bonds is 5. The van der Waals surface area contributed by atoms with Crippen LogP contribution in [0.3, 0.4) is 0 Å². The Bertz CT molecular complexity index is 469. The summed E-state index contributed by atoms with van der Waals surface area (Å²) < 4.78 is 36.9. The zero-order valence-electron chi connectivity index (χ0n) is 11.2. The lowest BCUT2D eigenvalue weighted by molar-refractivity contribution is -0.174. The van der Waals surface area contributed by atoms with Gasteiger partial charge in [0.25, 0.3) is 0 Å². The van der Waals surface area contributed by atoms with Crippen molar-refractivity contribution in [3.63, 3.8) is 0 Å². The molecule has 1 amide bonds. The fourth-order valence-electron chi connectivity index (χ4n) is 1.71. The average molecular weight is 287 g/mol. The van der Waals surface area contributed by atoms with E-state index in [1.165, 1.54) is 0 Å². The number of hydrogen-bond acceptors (Lipinski definition) is 2. The lowest BCUT2D eigenvalue weighted by Crippen LogP contribution is -2.49. The zero-order valence-corrected chi connectivity index (χ0v) is 11.2. The van der Waals surface area contributed by atoms with Gasteiger partial charge in [-0.25, -0.2) is 0 Å². The van der Waals surface area contributed by atoms with E-state index in [9.17, 15) is 22.8 Å². The van der Waals surface area contributed by atoms with Crippen molar-refractivity contribution in [2.24, 2.45) is 5.92 Å². The van der Waals surface area contributed by atoms with Crippen LogP contribution < -0.4 is 5.32 Å². The van der Waals surface area contributed by atoms with Crippen molar-refractivity contribution in [2.75, 3.05) is 0 Å². The number of halogens is 3. The smallest absolute Gasteiger partial charge is 0.338 e. The molecule has 0 saturated heterocycles. The molecule has 1 atom stereocenters. The standard InChI is InChI=1S/C14H16F3NO2/c1-9(2)12(19)11(18-13(20)14(15,16)17)8-10-6-4-3-5-7-10/h3-7,9,11H,8H2,1-2H3,(H,18,20)/t11-/m0/s1. The second-order valence-corrected chi connectivity index (χ2v) is 4.77. The molecule has 0 fully saturated rings. The van der Waals surface area contributed by atoms with Gasteiger partial charge in [-0.1, -0.05) is 44.2 Å². The topological polar surface area (TPSA) is 46.2 Å². The molecular weight excluding hydrogens is 271 g/mol. The number of alkyl halides is 3. The highest BCUT2D eigenvalue weighted by molar-refractivity contribution is 5.92. The third-order valence-corrected chi connectivity index (χ3v) is 2.76. The van der Waals surface area contributed by atoms with Crippen LogP contribution in [-0.4, -0.2) is 23.9 Å². The minimum Gasteiger partial charge on any atom is -0.338 e. The molecule has 1 aromatic rings. The number of Topliss-reactive ketones (excluding diaryl/α,β-unsaturated/α-hetero) is 1. The summed E-state index contributed by atoms with van der Waals surface area (Å²) in [5, 5.41) is 1.77. The van der Waals surface area contributed by atoms with Crippen LogP contribution in [0, 0.1) is 5.92 Å². The summed E-state index contributed by atoms with van der Waals surface area (Å²) in [6, 6.07) is 7.42. The van der Waals surface area contributed by atoms with E-state index >= 15 is 0 Å². The highest BCUT2D eigenvalue weighted by atomic mass is 19.4. The molecule has 3 nitrogen and oxygen atoms in total. The maximum Gasteiger partial charge on any atom is 0.471 e. The molecule has 0 heterocycles. The van der Waals surface area contributed by atoms with Crippen LogP contribution in [0.4, 0.5) is 13.2 Å². The summed E-state index contributed by atoms with van der Waals surface area (Å²) in [7, 11) is 0. The second kappa shape index (κ2) is 6.54. The molecule has 0 spiro atoms. The van der Waals surface area contributed by atoms with Gasteiger partial charge in [0.15, 0.2) is 5.78 Å². The van der Waals surface area contributed by atoms with Gasteiger partial charge in [0.1, 0.15) is 0 Å². The van der Waals surface area contributed by atoms with E-state index in [1.807, 2.05) is 0 Å². The van der Waals surface area contributed by atoms with Crippen LogP contribution in [0.2, 0.25) is 0 Å². The third kappa shape index (κ3) is 4.68. The van der Waals surface area contributed by atoms with Gasteiger partial charge < -0.3 is 5.32 Å². The Morgan fingerprint density at radius 3 is 2.15 bits per heavy atom. The Balaban J connectivity index is 2.87. The first-order chi connectivity index (χ1) is 9.21. The molecule has 0 aliphatic rings. The Kier molecular flexibility index (Phi) is 5.30. The van der Waals surface area contributed by atoms with Crippen molar-refractivity contribution >= 4 is 11.7 Å². The molecule has 0 unspecified atom stereocenters. The summed E-state index contributed by atoms with van der Waals surface area (Å²) in [5.41, 5.74) is 0.689. The molecule has 1 rings (SSSR count). The molecular formula is C14H16F3NO2. The Hall–Kier alpha value is -1.85. The minimum atomic E-state index is -4.99. The molecule has 0 saturated carbocycles. The van der Waals surface area contributed by atoms with Crippen molar-refractivity contribution in [1.29, 1.82) is 0 Å². The monoisotopic (exact) mass is 287 g/mol. The van der Waals surface area contributed by atoms with Gasteiger partial charge in [-0.3, -0.25) is 9.59 Å². The summed E-state index contributed by atoms with van der Waals surface area (Å²) in [4.78, 5) is 22.9. The largest absolute Gasteiger partial charge is 0.471 e. The molecule has 0 bridgehead atoms. The third-order valence-electron chi connectivity index (χ3n) is 2.76. The first-order valence-corrected chi connectivity index (χ1v) is 6.17. The van der Waals surface area contributed by atoms with Crippen LogP contribution >= 0.6 is 0 Å². The van der Waals surface area contributed by atoms with Crippen molar-refractivity contribution in [1.82, 2.24) is 5.32 Å². The van der Waals surface area contributed by atoms with Crippen molar-refractivity contribution in [3.8, 4) is 0 Å². The van der Waals surface area contributed by atoms with Crippen LogP contribution in [-0.2, 0) is 16.0 Å². The van der Waals surface area contributed by atoms with Crippen LogP contribution in [0.1, 0.15) is 19.4 Å². The van der Waals surface area contributed by atoms with Gasteiger partial charge in [0.2, 0.25) is 0 Å². The van der Waals surface area contributed by atoms with Crippen molar-refractivity contribution in [3.05, 3.63) is 35.9 Å². The van der Waals surface area contributed by atoms with E-state index < -0.39 is 29.8 Å². The zero-order chi connectivity index (χ0) is 15.3. The molecule has 6 heteroatoms. The molecule has 0 aromatic heterocycles. The summed E-state index contributed by atoms with van der Waals surface area (Å²) in [6.45, 7) is 3.17. The SMILES string of the molecule is CC(C)C(=O)[C@H](Cc1ccccc1)NC(=O)C(F)(F)F. The van der Waals surface area contributed by atoms with Crippen molar-refractivity contribution < 1.29 is 22.8 Å². The summed E-state index contributed by atoms with van der Waals surface area (Å²) >= 11 is 0. The lowest BCUT2D eigenvalue weighted by atomic mass is 9.95. The molecule has 1 aromatic carbocycles. The highest BCUT2D eigenvalue weighted by Crippen LogP contribution is 2.16. The second-order valence-electron chi connectivity index (χ2n) is 4.77. The molecule has 110 valence electrons. The van der Waals surface area contributed by atoms with E-state index in [1.54, 1.807) is 49.5 Å². The first kappa shape index (κ1) is 16.2. The summed E-state index contributed by atoms with van der Waals surface area (Å²) in [5.74, 6) is -2.98. The molecule has 1 N–H and O–H groups in total. The predicted octanol–water partition coefficient (Wildman–Crippen LogP) is 2.50. The molecule has 0 aliphatic heterocycles. The minimum absolute atomic E-state index is 0.0413. The maximum absolute atomic E-state index is 12.3. The maximum atomic E-state index is 12.3. The number of carbonyl (C=O) groups excluding carboxylic acids is 2. The number of ketones is 1. The van der Waals surface area contributed by atoms with Gasteiger partial charge in [-0.05, 0) is 12.0 Å². The highest BCUT2D eigenvalue weighted by Gasteiger charge is 2.40. The number of benzene rings is 1. The Morgan fingerprint density at radius 1 is 1.15 bits per heavy atom. The van der Waals surface area contributed by atoms with Gasteiger partial charge in [0, 0.05) is 5.92 Å². The first-order valence-electron chi connectivity index (χ1n) is 6.17. The van der Waals surface area contributed by atoms with Gasteiger partial charge in [0.05, 0.1) is 6.04 Å².